The van der Waals surface area contributed by atoms with Crippen molar-refractivity contribution in [2.75, 3.05) is 46.1 Å². The number of allylic oxidation sites excluding steroid dienone is 1. The van der Waals surface area contributed by atoms with Gasteiger partial charge in [0.15, 0.2) is 0 Å². The van der Waals surface area contributed by atoms with Crippen molar-refractivity contribution in [1.82, 2.24) is 4.90 Å². The first kappa shape index (κ1) is 44.1. The summed E-state index contributed by atoms with van der Waals surface area (Å²) in [6, 6.07) is 0. The lowest BCUT2D eigenvalue weighted by Gasteiger charge is -2.28. The second-order valence-corrected chi connectivity index (χ2v) is 15.0. The number of carbonyl (C=O) groups excluding carboxylic acids is 2. The molecule has 0 amide bonds. The predicted octanol–water partition coefficient (Wildman–Crippen LogP) is 11.1. The highest BCUT2D eigenvalue weighted by Gasteiger charge is 2.28. The van der Waals surface area contributed by atoms with Crippen LogP contribution in [0.3, 0.4) is 0 Å². The number of ether oxygens (including phenoxy) is 3. The molecule has 2 aliphatic rings. The molecule has 0 aromatic rings. The van der Waals surface area contributed by atoms with Gasteiger partial charge in [-0.1, -0.05) is 141 Å². The molecule has 2 unspecified atom stereocenters. The highest BCUT2D eigenvalue weighted by Crippen LogP contribution is 2.34. The Balaban J connectivity index is 2.05. The maximum absolute atomic E-state index is 13.2. The van der Waals surface area contributed by atoms with Gasteiger partial charge in [-0.25, -0.2) is 0 Å². The first-order chi connectivity index (χ1) is 24.6. The van der Waals surface area contributed by atoms with Crippen LogP contribution in [0.1, 0.15) is 174 Å². The lowest BCUT2D eigenvalue weighted by atomic mass is 9.79. The van der Waals surface area contributed by atoms with E-state index in [9.17, 15) is 9.59 Å². The van der Waals surface area contributed by atoms with Gasteiger partial charge in [-0.2, -0.15) is 0 Å². The molecule has 286 valence electrons. The largest absolute Gasteiger partial charge is 0.466 e. The molecule has 0 saturated carbocycles. The van der Waals surface area contributed by atoms with Gasteiger partial charge in [0.25, 0.3) is 0 Å². The Bertz CT molecular complexity index is 948. The van der Waals surface area contributed by atoms with Gasteiger partial charge in [0.05, 0.1) is 39.3 Å². The van der Waals surface area contributed by atoms with Crippen LogP contribution in [0.4, 0.5) is 0 Å². The standard InChI is InChI=1S/C44H75NO5/c1-4-7-18-26-40-37-43(46)49-33-22-16-12-10-14-20-24-39(29-30-45-31-35-48-36-32-45)25-21-15-11-13-17-23-34-50-44(47)38-41(27-19-8-5-2)42(40)28-9-6-3/h39-41H,3-5,7-8,10-27,29-38H2,1-2H3. The minimum absolute atomic E-state index is 0.0365. The fourth-order valence-electron chi connectivity index (χ4n) is 7.67. The van der Waals surface area contributed by atoms with Crippen molar-refractivity contribution >= 4 is 11.9 Å². The molecule has 50 heavy (non-hydrogen) atoms. The zero-order valence-corrected chi connectivity index (χ0v) is 32.6. The van der Waals surface area contributed by atoms with Crippen molar-refractivity contribution in [3.63, 3.8) is 0 Å². The van der Waals surface area contributed by atoms with Crippen LogP contribution in [0, 0.1) is 17.8 Å². The first-order valence-corrected chi connectivity index (χ1v) is 21.1. The number of esters is 2. The first-order valence-electron chi connectivity index (χ1n) is 21.1. The lowest BCUT2D eigenvalue weighted by molar-refractivity contribution is -0.145. The summed E-state index contributed by atoms with van der Waals surface area (Å²) >= 11 is 0. The highest BCUT2D eigenvalue weighted by atomic mass is 16.5. The number of rotatable bonds is 11. The molecule has 0 aromatic heterocycles. The van der Waals surface area contributed by atoms with Crippen LogP contribution in [0.25, 0.3) is 0 Å². The molecule has 2 aliphatic heterocycles. The van der Waals surface area contributed by atoms with Gasteiger partial charge in [0, 0.05) is 13.1 Å². The Morgan fingerprint density at radius 1 is 0.640 bits per heavy atom. The smallest absolute Gasteiger partial charge is 0.306 e. The van der Waals surface area contributed by atoms with Gasteiger partial charge < -0.3 is 14.2 Å². The fourth-order valence-corrected chi connectivity index (χ4v) is 7.67. The summed E-state index contributed by atoms with van der Waals surface area (Å²) in [5.74, 6) is 0.460. The number of morpholine rings is 1. The molecule has 2 saturated heterocycles. The number of carbonyl (C=O) groups is 2. The molecule has 0 bridgehead atoms. The van der Waals surface area contributed by atoms with E-state index in [0.29, 0.717) is 26.1 Å². The van der Waals surface area contributed by atoms with E-state index in [1.54, 1.807) is 0 Å². The van der Waals surface area contributed by atoms with Crippen LogP contribution in [0.15, 0.2) is 29.3 Å². The average molecular weight is 698 g/mol. The van der Waals surface area contributed by atoms with Crippen LogP contribution >= 0.6 is 0 Å². The molecule has 6 nitrogen and oxygen atoms in total. The van der Waals surface area contributed by atoms with E-state index in [2.05, 4.69) is 42.5 Å². The van der Waals surface area contributed by atoms with Crippen LogP contribution in [-0.4, -0.2) is 62.9 Å². The highest BCUT2D eigenvalue weighted by molar-refractivity contribution is 5.71. The van der Waals surface area contributed by atoms with E-state index in [4.69, 9.17) is 14.2 Å². The molecule has 0 spiro atoms. The number of unbranched alkanes of at least 4 members (excludes halogenated alkanes) is 4. The molecule has 0 aliphatic carbocycles. The summed E-state index contributed by atoms with van der Waals surface area (Å²) in [6.07, 6.45) is 27.1. The molecule has 2 atom stereocenters. The molecular formula is C44H75NO5. The third-order valence-electron chi connectivity index (χ3n) is 10.8. The van der Waals surface area contributed by atoms with Crippen molar-refractivity contribution in [3.05, 3.63) is 29.3 Å². The third-order valence-corrected chi connectivity index (χ3v) is 10.8. The topological polar surface area (TPSA) is 65.1 Å². The van der Waals surface area contributed by atoms with Crippen LogP contribution in [-0.2, 0) is 23.8 Å². The van der Waals surface area contributed by atoms with E-state index in [-0.39, 0.29) is 23.8 Å². The quantitative estimate of drug-likeness (QED) is 0.122. The van der Waals surface area contributed by atoms with E-state index in [1.165, 1.54) is 77.2 Å². The summed E-state index contributed by atoms with van der Waals surface area (Å²) < 4.78 is 17.2. The molecule has 0 radical (unpaired) electrons. The SMILES string of the molecule is C=C=C=C=C1C(CCCCC)CC(=O)OCCCCCCCCC(CCN2CCOCC2)CCCCCCCCOC(=O)CC1CCCCC. The van der Waals surface area contributed by atoms with E-state index >= 15 is 0 Å². The van der Waals surface area contributed by atoms with Crippen molar-refractivity contribution < 1.29 is 23.8 Å². The Morgan fingerprint density at radius 2 is 1.12 bits per heavy atom. The van der Waals surface area contributed by atoms with E-state index in [0.717, 1.165) is 115 Å². The van der Waals surface area contributed by atoms with Crippen LogP contribution in [0.5, 0.6) is 0 Å². The minimum Gasteiger partial charge on any atom is -0.466 e. The fraction of sp³-hybridized carbons (Fsp3) is 0.841. The lowest BCUT2D eigenvalue weighted by Crippen LogP contribution is -2.37. The molecular weight excluding hydrogens is 622 g/mol. The zero-order valence-electron chi connectivity index (χ0n) is 32.6. The van der Waals surface area contributed by atoms with E-state index < -0.39 is 0 Å². The predicted molar refractivity (Wildman–Crippen MR) is 206 cm³/mol. The summed E-state index contributed by atoms with van der Waals surface area (Å²) in [7, 11) is 0. The minimum atomic E-state index is -0.146. The molecule has 2 fully saturated rings. The van der Waals surface area contributed by atoms with Gasteiger partial charge in [0.2, 0.25) is 0 Å². The number of cyclic esters (lactones) is 2. The average Bonchev–Trinajstić information content (AvgIpc) is 3.12. The Hall–Kier alpha value is -2.06. The van der Waals surface area contributed by atoms with E-state index in [1.807, 2.05) is 0 Å². The third kappa shape index (κ3) is 22.0. The zero-order chi connectivity index (χ0) is 35.9. The Morgan fingerprint density at radius 3 is 1.60 bits per heavy atom. The summed E-state index contributed by atoms with van der Waals surface area (Å²) in [6.45, 7) is 14.2. The second-order valence-electron chi connectivity index (χ2n) is 15.0. The van der Waals surface area contributed by atoms with Gasteiger partial charge in [-0.15, -0.1) is 0 Å². The van der Waals surface area contributed by atoms with Crippen LogP contribution < -0.4 is 0 Å². The summed E-state index contributed by atoms with van der Waals surface area (Å²) in [5, 5.41) is 0. The molecule has 0 aromatic carbocycles. The van der Waals surface area contributed by atoms with Gasteiger partial charge in [0.1, 0.15) is 0 Å². The number of nitrogens with zero attached hydrogens (tertiary/aromatic N) is 1. The Labute approximate surface area is 307 Å². The van der Waals surface area contributed by atoms with Gasteiger partial charge >= 0.3 is 11.9 Å². The van der Waals surface area contributed by atoms with Crippen LogP contribution in [0.2, 0.25) is 0 Å². The second kappa shape index (κ2) is 30.6. The van der Waals surface area contributed by atoms with Gasteiger partial charge in [-0.05, 0) is 74.3 Å². The number of hydrogen-bond acceptors (Lipinski definition) is 6. The van der Waals surface area contributed by atoms with Crippen molar-refractivity contribution in [2.45, 2.75) is 174 Å². The maximum Gasteiger partial charge on any atom is 0.306 e. The van der Waals surface area contributed by atoms with Gasteiger partial charge in [-0.3, -0.25) is 14.5 Å². The molecule has 2 heterocycles. The molecule has 0 N–H and O–H groups in total. The van der Waals surface area contributed by atoms with Crippen molar-refractivity contribution in [1.29, 1.82) is 0 Å². The molecule has 2 rings (SSSR count). The number of hydrogen-bond donors (Lipinski definition) is 0. The Kier molecular flexibility index (Phi) is 27.0. The maximum atomic E-state index is 13.2. The van der Waals surface area contributed by atoms with Crippen molar-refractivity contribution in [3.8, 4) is 0 Å². The summed E-state index contributed by atoms with van der Waals surface area (Å²) in [5.41, 5.74) is 10.0. The normalized spacial score (nSPS) is 24.3. The summed E-state index contributed by atoms with van der Waals surface area (Å²) in [4.78, 5) is 29.0. The van der Waals surface area contributed by atoms with Crippen molar-refractivity contribution in [2.24, 2.45) is 17.8 Å². The monoisotopic (exact) mass is 698 g/mol. The molecule has 6 heteroatoms.